The predicted molar refractivity (Wildman–Crippen MR) is 245 cm³/mol. The molecule has 344 valence electrons. The van der Waals surface area contributed by atoms with Gasteiger partial charge in [0.1, 0.15) is 12.6 Å². The van der Waals surface area contributed by atoms with Crippen molar-refractivity contribution in [1.82, 2.24) is 0 Å². The third kappa shape index (κ3) is 40.7. The van der Waals surface area contributed by atoms with E-state index >= 15 is 0 Å². The van der Waals surface area contributed by atoms with Gasteiger partial charge in [-0.1, -0.05) is 172 Å². The van der Waals surface area contributed by atoms with Gasteiger partial charge in [-0.05, 0) is 64.2 Å². The fraction of sp³-hybridized carbons (Fsp3) is 0.824. The molecule has 0 aromatic carbocycles. The highest BCUT2D eigenvalue weighted by atomic mass is 16.6. The van der Waals surface area contributed by atoms with Crippen LogP contribution < -0.4 is 5.11 Å². The average molecular weight is 832 g/mol. The molecule has 0 N–H and O–H groups in total. The average Bonchev–Trinajstić information content (AvgIpc) is 3.19. The number of likely N-dealkylation sites (N-methyl/N-ethyl adjacent to an activating group) is 1. The zero-order chi connectivity index (χ0) is 43.5. The lowest BCUT2D eigenvalue weighted by Crippen LogP contribution is -2.55. The van der Waals surface area contributed by atoms with Gasteiger partial charge in [0, 0.05) is 19.3 Å². The first-order chi connectivity index (χ1) is 28.6. The van der Waals surface area contributed by atoms with Gasteiger partial charge in [0.2, 0.25) is 0 Å². The second-order valence-corrected chi connectivity index (χ2v) is 17.7. The zero-order valence-electron chi connectivity index (χ0n) is 39.2. The number of carboxylic acids is 1. The molecule has 0 aromatic rings. The summed E-state index contributed by atoms with van der Waals surface area (Å²) in [6.45, 7) is 4.62. The van der Waals surface area contributed by atoms with E-state index in [4.69, 9.17) is 14.2 Å². The van der Waals surface area contributed by atoms with Crippen LogP contribution in [-0.2, 0) is 28.6 Å². The number of hydrogen-bond acceptors (Lipinski definition) is 7. The highest BCUT2D eigenvalue weighted by Crippen LogP contribution is 2.15. The van der Waals surface area contributed by atoms with Gasteiger partial charge in [0.25, 0.3) is 0 Å². The summed E-state index contributed by atoms with van der Waals surface area (Å²) in [6, 6.07) is -0.728. The van der Waals surface area contributed by atoms with Crippen LogP contribution in [0.2, 0.25) is 0 Å². The van der Waals surface area contributed by atoms with Gasteiger partial charge in [-0.2, -0.15) is 0 Å². The molecular weight excluding hydrogens is 739 g/mol. The lowest BCUT2D eigenvalue weighted by molar-refractivity contribution is -0.889. The molecule has 0 rings (SSSR count). The molecule has 0 radical (unpaired) electrons. The fourth-order valence-electron chi connectivity index (χ4n) is 7.14. The van der Waals surface area contributed by atoms with Crippen molar-refractivity contribution in [1.29, 1.82) is 0 Å². The Bertz CT molecular complexity index is 1060. The number of nitrogens with zero attached hydrogens (tertiary/aromatic N) is 1. The first-order valence-electron chi connectivity index (χ1n) is 24.5. The predicted octanol–water partition coefficient (Wildman–Crippen LogP) is 12.5. The third-order valence-corrected chi connectivity index (χ3v) is 11.0. The van der Waals surface area contributed by atoms with E-state index in [1.807, 2.05) is 0 Å². The molecule has 0 aliphatic rings. The maximum Gasteiger partial charge on any atom is 0.306 e. The molecule has 8 heteroatoms. The second-order valence-electron chi connectivity index (χ2n) is 17.7. The maximum atomic E-state index is 12.7. The summed E-state index contributed by atoms with van der Waals surface area (Å²) in [5, 5.41) is 11.6. The largest absolute Gasteiger partial charge is 0.544 e. The Kier molecular flexibility index (Phi) is 40.5. The number of esters is 2. The quantitative estimate of drug-likeness (QED) is 0.0261. The van der Waals surface area contributed by atoms with Crippen LogP contribution in [0.25, 0.3) is 0 Å². The zero-order valence-corrected chi connectivity index (χ0v) is 39.2. The standard InChI is InChI=1S/C51H93NO7/c1-6-8-10-12-14-16-18-20-22-23-24-25-26-27-28-30-31-33-35-37-39-41-49(53)58-46-47(45-57-44-43-48(51(55)56)52(3,4)5)59-50(54)42-40-38-36-34-32-29-21-19-17-15-13-11-9-7-2/h13,15,19,21,23-24,47-48H,6-12,14,16-18,20,22,25-46H2,1-5H3/b15-13-,21-19-,24-23-. The summed E-state index contributed by atoms with van der Waals surface area (Å²) in [5.74, 6) is -1.75. The van der Waals surface area contributed by atoms with E-state index in [1.54, 1.807) is 21.1 Å². The van der Waals surface area contributed by atoms with Crippen LogP contribution in [0, 0.1) is 0 Å². The molecule has 0 spiro atoms. The number of ether oxygens (including phenoxy) is 3. The van der Waals surface area contributed by atoms with E-state index < -0.39 is 18.1 Å². The van der Waals surface area contributed by atoms with Crippen molar-refractivity contribution in [2.45, 2.75) is 231 Å². The van der Waals surface area contributed by atoms with Crippen molar-refractivity contribution in [3.63, 3.8) is 0 Å². The van der Waals surface area contributed by atoms with Gasteiger partial charge in [0.15, 0.2) is 6.10 Å². The Morgan fingerprint density at radius 1 is 0.508 bits per heavy atom. The molecule has 0 aromatic heterocycles. The molecule has 2 unspecified atom stereocenters. The first kappa shape index (κ1) is 56.5. The van der Waals surface area contributed by atoms with Gasteiger partial charge in [-0.3, -0.25) is 9.59 Å². The minimum atomic E-state index is -1.13. The van der Waals surface area contributed by atoms with Gasteiger partial charge < -0.3 is 28.6 Å². The number of carboxylic acid groups (broad SMARTS) is 1. The topological polar surface area (TPSA) is 102 Å². The SMILES string of the molecule is CCCC/C=C\C/C=C\CCCCCCCC(=O)OC(COCCC(C(=O)[O-])[N+](C)(C)C)COC(=O)CCCCCCCCCCC/C=C\CCCCCCCCCC. The molecule has 0 saturated carbocycles. The third-order valence-electron chi connectivity index (χ3n) is 11.0. The minimum absolute atomic E-state index is 0.0358. The molecule has 0 amide bonds. The number of allylic oxidation sites excluding steroid dienone is 6. The molecule has 0 saturated heterocycles. The fourth-order valence-corrected chi connectivity index (χ4v) is 7.14. The lowest BCUT2D eigenvalue weighted by Gasteiger charge is -2.34. The number of carbonyl (C=O) groups is 3. The van der Waals surface area contributed by atoms with E-state index in [1.165, 1.54) is 122 Å². The smallest absolute Gasteiger partial charge is 0.306 e. The highest BCUT2D eigenvalue weighted by Gasteiger charge is 2.25. The van der Waals surface area contributed by atoms with Crippen molar-refractivity contribution < 1.29 is 38.2 Å². The van der Waals surface area contributed by atoms with E-state index in [0.29, 0.717) is 12.8 Å². The van der Waals surface area contributed by atoms with Crippen LogP contribution in [0.5, 0.6) is 0 Å². The summed E-state index contributed by atoms with van der Waals surface area (Å²) < 4.78 is 17.2. The van der Waals surface area contributed by atoms with E-state index in [2.05, 4.69) is 50.3 Å². The van der Waals surface area contributed by atoms with Crippen LogP contribution >= 0.6 is 0 Å². The van der Waals surface area contributed by atoms with Crippen LogP contribution in [0.3, 0.4) is 0 Å². The maximum absolute atomic E-state index is 12.7. The second kappa shape index (κ2) is 42.2. The molecule has 0 aliphatic heterocycles. The van der Waals surface area contributed by atoms with E-state index in [9.17, 15) is 19.5 Å². The number of aliphatic carboxylic acids is 1. The molecule has 2 atom stereocenters. The molecule has 59 heavy (non-hydrogen) atoms. The molecule has 0 aliphatic carbocycles. The van der Waals surface area contributed by atoms with Gasteiger partial charge >= 0.3 is 11.9 Å². The lowest BCUT2D eigenvalue weighted by atomic mass is 10.1. The Balaban J connectivity index is 4.24. The monoisotopic (exact) mass is 832 g/mol. The van der Waals surface area contributed by atoms with Crippen LogP contribution in [0.4, 0.5) is 0 Å². The van der Waals surface area contributed by atoms with Gasteiger partial charge in [-0.15, -0.1) is 0 Å². The highest BCUT2D eigenvalue weighted by molar-refractivity contribution is 5.70. The van der Waals surface area contributed by atoms with Crippen LogP contribution in [-0.4, -0.2) is 75.5 Å². The van der Waals surface area contributed by atoms with Crippen molar-refractivity contribution in [2.24, 2.45) is 0 Å². The van der Waals surface area contributed by atoms with Crippen molar-refractivity contribution in [2.75, 3.05) is 41.0 Å². The number of unbranched alkanes of at least 4 members (excludes halogenated alkanes) is 24. The Morgan fingerprint density at radius 3 is 1.37 bits per heavy atom. The Labute approximate surface area is 364 Å². The molecule has 8 nitrogen and oxygen atoms in total. The number of quaternary nitrogens is 1. The Morgan fingerprint density at radius 2 is 0.915 bits per heavy atom. The Hall–Kier alpha value is -2.45. The van der Waals surface area contributed by atoms with Gasteiger partial charge in [-0.25, -0.2) is 0 Å². The number of carbonyl (C=O) groups excluding carboxylic acids is 3. The normalized spacial score (nSPS) is 13.2. The number of hydrogen-bond donors (Lipinski definition) is 0. The summed E-state index contributed by atoms with van der Waals surface area (Å²) in [4.78, 5) is 36.9. The van der Waals surface area contributed by atoms with E-state index in [-0.39, 0.29) is 42.7 Å². The molecule has 0 bridgehead atoms. The van der Waals surface area contributed by atoms with Crippen molar-refractivity contribution >= 4 is 17.9 Å². The first-order valence-corrected chi connectivity index (χ1v) is 24.5. The summed E-state index contributed by atoms with van der Waals surface area (Å²) in [5.41, 5.74) is 0. The van der Waals surface area contributed by atoms with Crippen molar-refractivity contribution in [3.05, 3.63) is 36.5 Å². The number of rotatable bonds is 44. The minimum Gasteiger partial charge on any atom is -0.544 e. The molecular formula is C51H93NO7. The summed E-state index contributed by atoms with van der Waals surface area (Å²) in [7, 11) is 5.41. The van der Waals surface area contributed by atoms with Crippen LogP contribution in [0.15, 0.2) is 36.5 Å². The summed E-state index contributed by atoms with van der Waals surface area (Å²) >= 11 is 0. The van der Waals surface area contributed by atoms with Gasteiger partial charge in [0.05, 0.1) is 40.3 Å². The van der Waals surface area contributed by atoms with Crippen molar-refractivity contribution in [3.8, 4) is 0 Å². The molecule has 0 fully saturated rings. The molecule has 0 heterocycles. The van der Waals surface area contributed by atoms with Crippen LogP contribution in [0.1, 0.15) is 219 Å². The summed E-state index contributed by atoms with van der Waals surface area (Å²) in [6.07, 6.45) is 48.8. The van der Waals surface area contributed by atoms with E-state index in [0.717, 1.165) is 64.2 Å².